The molecule has 0 heterocycles. The first-order valence-electron chi connectivity index (χ1n) is 3.62. The molecular formula is C9H8BrIO2. The van der Waals surface area contributed by atoms with E-state index in [0.29, 0.717) is 5.56 Å². The van der Waals surface area contributed by atoms with E-state index in [1.165, 1.54) is 7.11 Å². The monoisotopic (exact) mass is 354 g/mol. The average molecular weight is 355 g/mol. The largest absolute Gasteiger partial charge is 0.465 e. The van der Waals surface area contributed by atoms with Crippen LogP contribution in [0.2, 0.25) is 0 Å². The summed E-state index contributed by atoms with van der Waals surface area (Å²) in [5.41, 5.74) is 1.73. The van der Waals surface area contributed by atoms with E-state index in [2.05, 4.69) is 43.3 Å². The Balaban J connectivity index is 3.15. The van der Waals surface area contributed by atoms with Gasteiger partial charge in [0.2, 0.25) is 0 Å². The lowest BCUT2D eigenvalue weighted by molar-refractivity contribution is 0.0599. The number of methoxy groups -OCH3 is 1. The number of halogens is 2. The quantitative estimate of drug-likeness (QED) is 0.463. The van der Waals surface area contributed by atoms with Crippen LogP contribution in [-0.2, 0) is 10.1 Å². The molecule has 0 spiro atoms. The highest BCUT2D eigenvalue weighted by molar-refractivity contribution is 14.1. The standard InChI is InChI=1S/C9H8BrIO2/c1-13-9(12)7-4-2-3-6(5-10)8(7)11/h2-4H,5H2,1H3. The van der Waals surface area contributed by atoms with Crippen LogP contribution in [-0.4, -0.2) is 13.1 Å². The van der Waals surface area contributed by atoms with Gasteiger partial charge in [-0.15, -0.1) is 0 Å². The second-order valence-corrected chi connectivity index (χ2v) is 4.04. The first-order chi connectivity index (χ1) is 6.20. The molecule has 0 unspecified atom stereocenters. The molecular weight excluding hydrogens is 347 g/mol. The molecule has 70 valence electrons. The summed E-state index contributed by atoms with van der Waals surface area (Å²) < 4.78 is 5.61. The van der Waals surface area contributed by atoms with Crippen LogP contribution >= 0.6 is 38.5 Å². The number of benzene rings is 1. The van der Waals surface area contributed by atoms with E-state index in [1.807, 2.05) is 12.1 Å². The second-order valence-electron chi connectivity index (χ2n) is 2.40. The summed E-state index contributed by atoms with van der Waals surface area (Å²) in [6.45, 7) is 0. The molecule has 0 radical (unpaired) electrons. The summed E-state index contributed by atoms with van der Waals surface area (Å²) in [5.74, 6) is -0.285. The number of rotatable bonds is 2. The van der Waals surface area contributed by atoms with Crippen LogP contribution in [0.1, 0.15) is 15.9 Å². The summed E-state index contributed by atoms with van der Waals surface area (Å²) in [7, 11) is 1.39. The molecule has 0 amide bonds. The van der Waals surface area contributed by atoms with Gasteiger partial charge in [-0.05, 0) is 34.2 Å². The summed E-state index contributed by atoms with van der Waals surface area (Å²) >= 11 is 5.51. The van der Waals surface area contributed by atoms with Gasteiger partial charge in [-0.2, -0.15) is 0 Å². The van der Waals surface area contributed by atoms with Crippen molar-refractivity contribution in [3.05, 3.63) is 32.9 Å². The van der Waals surface area contributed by atoms with Crippen LogP contribution in [0.4, 0.5) is 0 Å². The van der Waals surface area contributed by atoms with Crippen LogP contribution in [0.15, 0.2) is 18.2 Å². The number of carbonyl (C=O) groups excluding carboxylic acids is 1. The zero-order valence-corrected chi connectivity index (χ0v) is 10.8. The van der Waals surface area contributed by atoms with E-state index in [9.17, 15) is 4.79 Å². The van der Waals surface area contributed by atoms with Crippen molar-refractivity contribution in [3.8, 4) is 0 Å². The lowest BCUT2D eigenvalue weighted by Gasteiger charge is -2.05. The summed E-state index contributed by atoms with van der Waals surface area (Å²) in [6, 6.07) is 5.59. The van der Waals surface area contributed by atoms with Crippen molar-refractivity contribution in [2.45, 2.75) is 5.33 Å². The molecule has 1 aromatic carbocycles. The van der Waals surface area contributed by atoms with Crippen LogP contribution in [0.3, 0.4) is 0 Å². The van der Waals surface area contributed by atoms with Crippen LogP contribution < -0.4 is 0 Å². The number of ether oxygens (including phenoxy) is 1. The number of hydrogen-bond donors (Lipinski definition) is 0. The molecule has 0 saturated heterocycles. The van der Waals surface area contributed by atoms with E-state index < -0.39 is 0 Å². The zero-order chi connectivity index (χ0) is 9.84. The highest BCUT2D eigenvalue weighted by atomic mass is 127. The molecule has 4 heteroatoms. The first kappa shape index (κ1) is 11.0. The second kappa shape index (κ2) is 4.95. The minimum Gasteiger partial charge on any atom is -0.465 e. The van der Waals surface area contributed by atoms with E-state index >= 15 is 0 Å². The van der Waals surface area contributed by atoms with Crippen LogP contribution in [0.25, 0.3) is 0 Å². The fourth-order valence-electron chi connectivity index (χ4n) is 0.951. The van der Waals surface area contributed by atoms with E-state index in [1.54, 1.807) is 6.07 Å². The van der Waals surface area contributed by atoms with Crippen molar-refractivity contribution in [1.29, 1.82) is 0 Å². The van der Waals surface area contributed by atoms with Crippen molar-refractivity contribution < 1.29 is 9.53 Å². The number of carbonyl (C=O) groups is 1. The normalized spacial score (nSPS) is 9.77. The van der Waals surface area contributed by atoms with Crippen molar-refractivity contribution >= 4 is 44.5 Å². The van der Waals surface area contributed by atoms with Gasteiger partial charge >= 0.3 is 5.97 Å². The third-order valence-corrected chi connectivity index (χ3v) is 3.51. The molecule has 0 saturated carbocycles. The topological polar surface area (TPSA) is 26.3 Å². The summed E-state index contributed by atoms with van der Waals surface area (Å²) in [5, 5.41) is 0.746. The third-order valence-electron chi connectivity index (χ3n) is 1.63. The Bertz CT molecular complexity index is 325. The van der Waals surface area contributed by atoms with Gasteiger partial charge < -0.3 is 4.74 Å². The molecule has 0 fully saturated rings. The highest BCUT2D eigenvalue weighted by Crippen LogP contribution is 2.20. The number of esters is 1. The predicted molar refractivity (Wildman–Crippen MR) is 63.1 cm³/mol. The lowest BCUT2D eigenvalue weighted by Crippen LogP contribution is -2.05. The maximum atomic E-state index is 11.3. The van der Waals surface area contributed by atoms with Crippen LogP contribution in [0, 0.1) is 3.57 Å². The number of hydrogen-bond acceptors (Lipinski definition) is 2. The molecule has 1 aromatic rings. The Morgan fingerprint density at radius 1 is 1.62 bits per heavy atom. The van der Waals surface area contributed by atoms with Gasteiger partial charge in [-0.1, -0.05) is 28.1 Å². The molecule has 0 aromatic heterocycles. The van der Waals surface area contributed by atoms with Crippen LogP contribution in [0.5, 0.6) is 0 Å². The van der Waals surface area contributed by atoms with Crippen molar-refractivity contribution in [2.24, 2.45) is 0 Å². The molecule has 0 aliphatic heterocycles. The van der Waals surface area contributed by atoms with Gasteiger partial charge in [-0.25, -0.2) is 4.79 Å². The fraction of sp³-hybridized carbons (Fsp3) is 0.222. The predicted octanol–water partition coefficient (Wildman–Crippen LogP) is 2.97. The Hall–Kier alpha value is -0.100. The molecule has 0 bridgehead atoms. The Kier molecular flexibility index (Phi) is 4.18. The SMILES string of the molecule is COC(=O)c1cccc(CBr)c1I. The maximum Gasteiger partial charge on any atom is 0.338 e. The highest BCUT2D eigenvalue weighted by Gasteiger charge is 2.11. The zero-order valence-electron chi connectivity index (χ0n) is 7.01. The summed E-state index contributed by atoms with van der Waals surface area (Å²) in [6.07, 6.45) is 0. The molecule has 2 nitrogen and oxygen atoms in total. The smallest absolute Gasteiger partial charge is 0.338 e. The number of alkyl halides is 1. The molecule has 0 atom stereocenters. The lowest BCUT2D eigenvalue weighted by atomic mass is 10.1. The summed E-state index contributed by atoms with van der Waals surface area (Å²) in [4.78, 5) is 11.3. The minimum atomic E-state index is -0.285. The van der Waals surface area contributed by atoms with Gasteiger partial charge in [-0.3, -0.25) is 0 Å². The van der Waals surface area contributed by atoms with Crippen molar-refractivity contribution in [1.82, 2.24) is 0 Å². The molecule has 0 aliphatic carbocycles. The first-order valence-corrected chi connectivity index (χ1v) is 5.82. The van der Waals surface area contributed by atoms with Gasteiger partial charge in [0.15, 0.2) is 0 Å². The maximum absolute atomic E-state index is 11.3. The van der Waals surface area contributed by atoms with E-state index in [-0.39, 0.29) is 5.97 Å². The van der Waals surface area contributed by atoms with Gasteiger partial charge in [0.25, 0.3) is 0 Å². The molecule has 0 N–H and O–H groups in total. The van der Waals surface area contributed by atoms with Gasteiger partial charge in [0, 0.05) is 8.90 Å². The Morgan fingerprint density at radius 3 is 2.85 bits per heavy atom. The molecule has 0 aliphatic rings. The average Bonchev–Trinajstić information content (AvgIpc) is 2.17. The van der Waals surface area contributed by atoms with Crippen molar-refractivity contribution in [2.75, 3.05) is 7.11 Å². The molecule has 13 heavy (non-hydrogen) atoms. The van der Waals surface area contributed by atoms with Crippen molar-refractivity contribution in [3.63, 3.8) is 0 Å². The fourth-order valence-corrected chi connectivity index (χ4v) is 2.71. The van der Waals surface area contributed by atoms with E-state index in [4.69, 9.17) is 0 Å². The minimum absolute atomic E-state index is 0.285. The Morgan fingerprint density at radius 2 is 2.31 bits per heavy atom. The third kappa shape index (κ3) is 2.43. The van der Waals surface area contributed by atoms with E-state index in [0.717, 1.165) is 14.5 Å². The van der Waals surface area contributed by atoms with Gasteiger partial charge in [0.05, 0.1) is 12.7 Å². The molecule has 1 rings (SSSR count). The Labute approximate surface area is 98.9 Å². The van der Waals surface area contributed by atoms with Gasteiger partial charge in [0.1, 0.15) is 0 Å².